The molecule has 0 amide bonds. The molecule has 0 bridgehead atoms. The Kier molecular flexibility index (Phi) is 3.09. The van der Waals surface area contributed by atoms with Crippen LogP contribution in [-0.4, -0.2) is 19.9 Å². The van der Waals surface area contributed by atoms with E-state index in [1.165, 1.54) is 0 Å². The highest BCUT2D eigenvalue weighted by atomic mass is 31.1. The molecule has 0 aromatic heterocycles. The van der Waals surface area contributed by atoms with Crippen molar-refractivity contribution in [2.45, 2.75) is 5.71 Å². The highest BCUT2D eigenvalue weighted by molar-refractivity contribution is 7.25. The van der Waals surface area contributed by atoms with E-state index in [-0.39, 0.29) is 0 Å². The Balaban J connectivity index is 3.76. The standard InChI is InChI=1S/C3H6O4P/c1-6-3(4,7-2)8-5/h1-2H3. The van der Waals surface area contributed by atoms with Crippen LogP contribution >= 0.6 is 8.46 Å². The van der Waals surface area contributed by atoms with Gasteiger partial charge in [0.05, 0.1) is 0 Å². The minimum Gasteiger partial charge on any atom is -0.319 e. The number of methoxy groups -OCH3 is 2. The molecule has 47 valence electrons. The third-order valence-corrected chi connectivity index (χ3v) is 1.22. The molecule has 0 aromatic carbocycles. The molecule has 0 saturated carbocycles. The molecule has 8 heavy (non-hydrogen) atoms. The minimum absolute atomic E-state index is 0.713. The lowest BCUT2D eigenvalue weighted by Gasteiger charge is -2.11. The van der Waals surface area contributed by atoms with E-state index in [0.29, 0.717) is 0 Å². The number of rotatable bonds is 3. The number of hydrogen-bond acceptors (Lipinski definition) is 3. The summed E-state index contributed by atoms with van der Waals surface area (Å²) in [7, 11) is 1.54. The zero-order chi connectivity index (χ0) is 6.62. The molecule has 0 saturated heterocycles. The van der Waals surface area contributed by atoms with Crippen molar-refractivity contribution in [2.24, 2.45) is 0 Å². The summed E-state index contributed by atoms with van der Waals surface area (Å²) in [6, 6.07) is 0. The number of hydrogen-bond donors (Lipinski definition) is 0. The first-order valence-electron chi connectivity index (χ1n) is 1.84. The molecule has 0 aliphatic heterocycles. The topological polar surface area (TPSA) is 55.4 Å². The van der Waals surface area contributed by atoms with E-state index in [2.05, 4.69) is 9.47 Å². The first kappa shape index (κ1) is 7.98. The SMILES string of the molecule is COC([O])(OC)P=O. The Bertz CT molecular complexity index is 79.4. The molecule has 0 spiro atoms. The molecule has 0 atom stereocenters. The number of ether oxygens (including phenoxy) is 2. The van der Waals surface area contributed by atoms with Crippen molar-refractivity contribution < 1.29 is 19.1 Å². The summed E-state index contributed by atoms with van der Waals surface area (Å²) in [4.78, 5) is 0. The first-order valence-corrected chi connectivity index (χ1v) is 2.65. The third-order valence-electron chi connectivity index (χ3n) is 0.628. The maximum atomic E-state index is 10.4. The summed E-state index contributed by atoms with van der Waals surface area (Å²) in [5, 5.41) is 10.4. The van der Waals surface area contributed by atoms with Crippen molar-refractivity contribution in [2.75, 3.05) is 14.2 Å². The first-order chi connectivity index (χ1) is 3.68. The molecule has 4 nitrogen and oxygen atoms in total. The van der Waals surface area contributed by atoms with E-state index in [0.717, 1.165) is 14.2 Å². The molecular formula is C3H6O4P. The largest absolute Gasteiger partial charge is 0.395 e. The summed E-state index contributed by atoms with van der Waals surface area (Å²) < 4.78 is 18.1. The van der Waals surface area contributed by atoms with Crippen LogP contribution in [0, 0.1) is 0 Å². The van der Waals surface area contributed by atoms with Gasteiger partial charge in [-0.05, 0) is 0 Å². The second kappa shape index (κ2) is 3.10. The molecule has 0 N–H and O–H groups in total. The summed E-state index contributed by atoms with van der Waals surface area (Å²) in [5.74, 6) is 0. The monoisotopic (exact) mass is 137 g/mol. The average molecular weight is 137 g/mol. The minimum atomic E-state index is -2.21. The van der Waals surface area contributed by atoms with Crippen LogP contribution in [-0.2, 0) is 19.1 Å². The van der Waals surface area contributed by atoms with Crippen LogP contribution in [0.1, 0.15) is 0 Å². The molecule has 0 unspecified atom stereocenters. The van der Waals surface area contributed by atoms with Gasteiger partial charge in [0.2, 0.25) is 0 Å². The van der Waals surface area contributed by atoms with Gasteiger partial charge < -0.3 is 9.47 Å². The average Bonchev–Trinajstić information content (AvgIpc) is 1.87. The van der Waals surface area contributed by atoms with Crippen molar-refractivity contribution in [3.8, 4) is 0 Å². The highest BCUT2D eigenvalue weighted by Gasteiger charge is 2.28. The quantitative estimate of drug-likeness (QED) is 0.423. The van der Waals surface area contributed by atoms with E-state index >= 15 is 0 Å². The lowest BCUT2D eigenvalue weighted by Crippen LogP contribution is -2.23. The Hall–Kier alpha value is -0.0200. The van der Waals surface area contributed by atoms with E-state index in [1.54, 1.807) is 0 Å². The normalized spacial score (nSPS) is 12.4. The predicted molar refractivity (Wildman–Crippen MR) is 25.0 cm³/mol. The van der Waals surface area contributed by atoms with Gasteiger partial charge in [0.1, 0.15) is 0 Å². The summed E-state index contributed by atoms with van der Waals surface area (Å²) >= 11 is 0. The molecule has 0 rings (SSSR count). The Morgan fingerprint density at radius 3 is 1.75 bits per heavy atom. The Morgan fingerprint density at radius 1 is 1.38 bits per heavy atom. The van der Waals surface area contributed by atoms with Gasteiger partial charge in [-0.15, -0.1) is 0 Å². The van der Waals surface area contributed by atoms with Crippen molar-refractivity contribution in [1.82, 2.24) is 0 Å². The Morgan fingerprint density at radius 2 is 1.75 bits per heavy atom. The Labute approximate surface area is 48.6 Å². The molecule has 0 aromatic rings. The second-order valence-electron chi connectivity index (χ2n) is 1.02. The molecule has 0 fully saturated rings. The summed E-state index contributed by atoms with van der Waals surface area (Å²) in [6.07, 6.45) is 0. The van der Waals surface area contributed by atoms with Gasteiger partial charge in [0, 0.05) is 14.2 Å². The van der Waals surface area contributed by atoms with Gasteiger partial charge in [0.25, 0.3) is 8.46 Å². The zero-order valence-electron chi connectivity index (χ0n) is 4.58. The van der Waals surface area contributed by atoms with Gasteiger partial charge in [-0.1, -0.05) is 0 Å². The summed E-state index contributed by atoms with van der Waals surface area (Å²) in [5.41, 5.74) is -2.21. The fraction of sp³-hybridized carbons (Fsp3) is 1.00. The fourth-order valence-corrected chi connectivity index (χ4v) is 0.307. The molecule has 5 heteroatoms. The van der Waals surface area contributed by atoms with E-state index in [9.17, 15) is 9.67 Å². The van der Waals surface area contributed by atoms with Crippen LogP contribution in [0.2, 0.25) is 0 Å². The van der Waals surface area contributed by atoms with E-state index in [4.69, 9.17) is 0 Å². The smallest absolute Gasteiger partial charge is 0.319 e. The van der Waals surface area contributed by atoms with Gasteiger partial charge >= 0.3 is 5.71 Å². The molecule has 0 aliphatic carbocycles. The lowest BCUT2D eigenvalue weighted by atomic mass is 11.2. The molecule has 0 heterocycles. The molecule has 1 radical (unpaired) electrons. The van der Waals surface area contributed by atoms with Crippen LogP contribution in [0.25, 0.3) is 0 Å². The molecule has 0 aliphatic rings. The zero-order valence-corrected chi connectivity index (χ0v) is 5.47. The van der Waals surface area contributed by atoms with E-state index < -0.39 is 14.2 Å². The van der Waals surface area contributed by atoms with E-state index in [1.807, 2.05) is 0 Å². The van der Waals surface area contributed by atoms with Crippen LogP contribution in [0.5, 0.6) is 0 Å². The van der Waals surface area contributed by atoms with Crippen molar-refractivity contribution in [3.05, 3.63) is 0 Å². The third kappa shape index (κ3) is 1.84. The molecular weight excluding hydrogens is 131 g/mol. The maximum absolute atomic E-state index is 10.4. The summed E-state index contributed by atoms with van der Waals surface area (Å²) in [6.45, 7) is 0. The van der Waals surface area contributed by atoms with Crippen LogP contribution in [0.15, 0.2) is 0 Å². The van der Waals surface area contributed by atoms with Crippen LogP contribution in [0.3, 0.4) is 0 Å². The van der Waals surface area contributed by atoms with Gasteiger partial charge in [-0.3, -0.25) is 4.57 Å². The van der Waals surface area contributed by atoms with Gasteiger partial charge in [-0.25, -0.2) is 0 Å². The van der Waals surface area contributed by atoms with Crippen LogP contribution < -0.4 is 0 Å². The maximum Gasteiger partial charge on any atom is 0.395 e. The highest BCUT2D eigenvalue weighted by Crippen LogP contribution is 2.20. The lowest BCUT2D eigenvalue weighted by molar-refractivity contribution is -0.304. The van der Waals surface area contributed by atoms with Gasteiger partial charge in [0.15, 0.2) is 0 Å². The predicted octanol–water partition coefficient (Wildman–Crippen LogP) is 0.613. The van der Waals surface area contributed by atoms with Gasteiger partial charge in [-0.2, -0.15) is 5.11 Å². The van der Waals surface area contributed by atoms with Crippen molar-refractivity contribution in [1.29, 1.82) is 0 Å². The van der Waals surface area contributed by atoms with Crippen molar-refractivity contribution >= 4 is 8.46 Å². The van der Waals surface area contributed by atoms with Crippen LogP contribution in [0.4, 0.5) is 0 Å². The van der Waals surface area contributed by atoms with Crippen molar-refractivity contribution in [3.63, 3.8) is 0 Å². The second-order valence-corrected chi connectivity index (χ2v) is 1.75. The fourth-order valence-electron chi connectivity index (χ4n) is 0.158.